The fourth-order valence-corrected chi connectivity index (χ4v) is 2.97. The largest absolute Gasteiger partial charge is 0.490 e. The summed E-state index contributed by atoms with van der Waals surface area (Å²) in [6, 6.07) is 11.7. The highest BCUT2D eigenvalue weighted by molar-refractivity contribution is 6.31. The van der Waals surface area contributed by atoms with Crippen LogP contribution < -0.4 is 9.47 Å². The summed E-state index contributed by atoms with van der Waals surface area (Å²) in [5, 5.41) is 0.466. The van der Waals surface area contributed by atoms with Crippen molar-refractivity contribution in [3.63, 3.8) is 0 Å². The van der Waals surface area contributed by atoms with Crippen molar-refractivity contribution in [3.8, 4) is 11.5 Å². The molecule has 0 bridgehead atoms. The van der Waals surface area contributed by atoms with Gasteiger partial charge in [-0.3, -0.25) is 0 Å². The third kappa shape index (κ3) is 2.97. The molecular formula is C17H16Cl2O2. The van der Waals surface area contributed by atoms with E-state index in [2.05, 4.69) is 0 Å². The lowest BCUT2D eigenvalue weighted by molar-refractivity contribution is 0.297. The van der Waals surface area contributed by atoms with Crippen LogP contribution in [0.1, 0.15) is 28.5 Å². The third-order valence-corrected chi connectivity index (χ3v) is 4.54. The summed E-state index contributed by atoms with van der Waals surface area (Å²) in [5.41, 5.74) is 3.00. The van der Waals surface area contributed by atoms with E-state index in [0.29, 0.717) is 13.2 Å². The van der Waals surface area contributed by atoms with Crippen molar-refractivity contribution >= 4 is 23.2 Å². The predicted octanol–water partition coefficient (Wildman–Crippen LogP) is 5.14. The molecule has 0 aromatic heterocycles. The Morgan fingerprint density at radius 2 is 1.81 bits per heavy atom. The first-order chi connectivity index (χ1) is 10.2. The van der Waals surface area contributed by atoms with Gasteiger partial charge in [0.15, 0.2) is 11.5 Å². The van der Waals surface area contributed by atoms with E-state index < -0.39 is 0 Å². The Balaban J connectivity index is 1.96. The first-order valence-electron chi connectivity index (χ1n) is 6.95. The molecule has 0 amide bonds. The quantitative estimate of drug-likeness (QED) is 0.713. The Kier molecular flexibility index (Phi) is 4.27. The van der Waals surface area contributed by atoms with Gasteiger partial charge in [0.05, 0.1) is 18.6 Å². The molecule has 0 aliphatic carbocycles. The lowest BCUT2D eigenvalue weighted by Gasteiger charge is -2.16. The fourth-order valence-electron chi connectivity index (χ4n) is 2.42. The van der Waals surface area contributed by atoms with Crippen LogP contribution in [0, 0.1) is 6.92 Å². The summed E-state index contributed by atoms with van der Waals surface area (Å²) in [5.74, 6) is 1.54. The molecule has 4 heteroatoms. The zero-order valence-corrected chi connectivity index (χ0v) is 13.2. The van der Waals surface area contributed by atoms with Crippen LogP contribution in [-0.4, -0.2) is 13.2 Å². The maximum Gasteiger partial charge on any atom is 0.161 e. The minimum Gasteiger partial charge on any atom is -0.490 e. The lowest BCUT2D eigenvalue weighted by atomic mass is 9.99. The van der Waals surface area contributed by atoms with E-state index in [1.54, 1.807) is 0 Å². The second-order valence-electron chi connectivity index (χ2n) is 5.07. The summed E-state index contributed by atoms with van der Waals surface area (Å²) < 4.78 is 11.4. The van der Waals surface area contributed by atoms with Crippen LogP contribution in [0.5, 0.6) is 11.5 Å². The van der Waals surface area contributed by atoms with Crippen LogP contribution in [0.15, 0.2) is 36.4 Å². The molecule has 2 nitrogen and oxygen atoms in total. The van der Waals surface area contributed by atoms with Crippen LogP contribution in [0.3, 0.4) is 0 Å². The maximum atomic E-state index is 6.64. The molecule has 1 heterocycles. The maximum absolute atomic E-state index is 6.64. The molecular weight excluding hydrogens is 307 g/mol. The number of halogens is 2. The van der Waals surface area contributed by atoms with Gasteiger partial charge in [-0.25, -0.2) is 0 Å². The van der Waals surface area contributed by atoms with Gasteiger partial charge in [0.25, 0.3) is 0 Å². The number of rotatable bonds is 2. The van der Waals surface area contributed by atoms with Crippen molar-refractivity contribution in [2.75, 3.05) is 13.2 Å². The summed E-state index contributed by atoms with van der Waals surface area (Å²) in [4.78, 5) is 0. The highest BCUT2D eigenvalue weighted by Gasteiger charge is 2.18. The van der Waals surface area contributed by atoms with Gasteiger partial charge >= 0.3 is 0 Å². The lowest BCUT2D eigenvalue weighted by Crippen LogP contribution is -1.99. The van der Waals surface area contributed by atoms with Crippen molar-refractivity contribution in [2.45, 2.75) is 18.7 Å². The standard InChI is InChI=1S/C17H16Cl2O2/c1-11-13(4-2-5-14(11)18)17(19)12-6-7-15-16(10-12)21-9-3-8-20-15/h2,4-7,10,17H,3,8-9H2,1H3. The number of alkyl halides is 1. The zero-order valence-electron chi connectivity index (χ0n) is 11.7. The Bertz CT molecular complexity index is 655. The molecule has 3 rings (SSSR count). The number of benzene rings is 2. The third-order valence-electron chi connectivity index (χ3n) is 3.65. The molecule has 1 atom stereocenters. The van der Waals surface area contributed by atoms with Crippen molar-refractivity contribution in [3.05, 3.63) is 58.1 Å². The van der Waals surface area contributed by atoms with E-state index in [1.165, 1.54) is 0 Å². The van der Waals surface area contributed by atoms with Gasteiger partial charge in [-0.05, 0) is 41.8 Å². The summed E-state index contributed by atoms with van der Waals surface area (Å²) in [6.45, 7) is 3.33. The van der Waals surface area contributed by atoms with Gasteiger partial charge in [0, 0.05) is 11.4 Å². The highest BCUT2D eigenvalue weighted by atomic mass is 35.5. The van der Waals surface area contributed by atoms with Gasteiger partial charge in [-0.1, -0.05) is 29.8 Å². The first-order valence-corrected chi connectivity index (χ1v) is 7.77. The molecule has 2 aromatic rings. The van der Waals surface area contributed by atoms with E-state index in [-0.39, 0.29) is 5.38 Å². The van der Waals surface area contributed by atoms with E-state index >= 15 is 0 Å². The molecule has 1 unspecified atom stereocenters. The van der Waals surface area contributed by atoms with E-state index in [9.17, 15) is 0 Å². The predicted molar refractivity (Wildman–Crippen MR) is 85.9 cm³/mol. The second kappa shape index (κ2) is 6.17. The SMILES string of the molecule is Cc1c(Cl)cccc1C(Cl)c1ccc2c(c1)OCCCO2. The van der Waals surface area contributed by atoms with Gasteiger partial charge in [0.1, 0.15) is 0 Å². The normalized spacial score (nSPS) is 15.4. The number of hydrogen-bond acceptors (Lipinski definition) is 2. The van der Waals surface area contributed by atoms with Crippen LogP contribution in [0.25, 0.3) is 0 Å². The van der Waals surface area contributed by atoms with Crippen LogP contribution in [-0.2, 0) is 0 Å². The van der Waals surface area contributed by atoms with Gasteiger partial charge in [-0.2, -0.15) is 0 Å². The summed E-state index contributed by atoms with van der Waals surface area (Å²) in [6.07, 6.45) is 0.891. The Morgan fingerprint density at radius 1 is 1.05 bits per heavy atom. The smallest absolute Gasteiger partial charge is 0.161 e. The molecule has 1 aliphatic rings. The summed E-state index contributed by atoms with van der Waals surface area (Å²) >= 11 is 12.8. The van der Waals surface area contributed by atoms with E-state index in [1.807, 2.05) is 43.3 Å². The molecule has 0 fully saturated rings. The first kappa shape index (κ1) is 14.6. The summed E-state index contributed by atoms with van der Waals surface area (Å²) in [7, 11) is 0. The zero-order chi connectivity index (χ0) is 14.8. The van der Waals surface area contributed by atoms with Crippen molar-refractivity contribution < 1.29 is 9.47 Å². The van der Waals surface area contributed by atoms with Crippen molar-refractivity contribution in [1.29, 1.82) is 0 Å². The van der Waals surface area contributed by atoms with Gasteiger partial charge in [0.2, 0.25) is 0 Å². The monoisotopic (exact) mass is 322 g/mol. The van der Waals surface area contributed by atoms with Crippen LogP contribution in [0.2, 0.25) is 5.02 Å². The molecule has 0 saturated carbocycles. The minimum absolute atomic E-state index is 0.263. The Hall–Kier alpha value is -1.38. The molecule has 110 valence electrons. The molecule has 0 N–H and O–H groups in total. The number of hydrogen-bond donors (Lipinski definition) is 0. The highest BCUT2D eigenvalue weighted by Crippen LogP contribution is 2.38. The van der Waals surface area contributed by atoms with Crippen molar-refractivity contribution in [1.82, 2.24) is 0 Å². The van der Waals surface area contributed by atoms with E-state index in [4.69, 9.17) is 32.7 Å². The number of ether oxygens (including phenoxy) is 2. The molecule has 1 aliphatic heterocycles. The molecule has 0 spiro atoms. The van der Waals surface area contributed by atoms with Crippen LogP contribution in [0.4, 0.5) is 0 Å². The molecule has 2 aromatic carbocycles. The second-order valence-corrected chi connectivity index (χ2v) is 5.92. The van der Waals surface area contributed by atoms with Crippen molar-refractivity contribution in [2.24, 2.45) is 0 Å². The molecule has 0 saturated heterocycles. The fraction of sp³-hybridized carbons (Fsp3) is 0.294. The average molecular weight is 323 g/mol. The topological polar surface area (TPSA) is 18.5 Å². The Labute approximate surface area is 134 Å². The molecule has 21 heavy (non-hydrogen) atoms. The minimum atomic E-state index is -0.263. The van der Waals surface area contributed by atoms with Gasteiger partial charge < -0.3 is 9.47 Å². The van der Waals surface area contributed by atoms with Crippen LogP contribution >= 0.6 is 23.2 Å². The molecule has 0 radical (unpaired) electrons. The van der Waals surface area contributed by atoms with Gasteiger partial charge in [-0.15, -0.1) is 11.6 Å². The number of fused-ring (bicyclic) bond motifs is 1. The average Bonchev–Trinajstić information content (AvgIpc) is 2.74. The Morgan fingerprint density at radius 3 is 2.62 bits per heavy atom. The van der Waals surface area contributed by atoms with E-state index in [0.717, 1.165) is 39.6 Å².